The van der Waals surface area contributed by atoms with Crippen LogP contribution in [-0.4, -0.2) is 37.5 Å². The molecule has 0 unspecified atom stereocenters. The Bertz CT molecular complexity index is 241. The van der Waals surface area contributed by atoms with Gasteiger partial charge in [-0.3, -0.25) is 0 Å². The summed E-state index contributed by atoms with van der Waals surface area (Å²) in [5.41, 5.74) is 0.737. The van der Waals surface area contributed by atoms with E-state index < -0.39 is 0 Å². The minimum absolute atomic E-state index is 0.368. The highest BCUT2D eigenvalue weighted by molar-refractivity contribution is 5.06. The highest BCUT2D eigenvalue weighted by Gasteiger charge is 2.47. The van der Waals surface area contributed by atoms with Crippen LogP contribution >= 0.6 is 0 Å². The number of rotatable bonds is 0. The molecule has 0 aromatic rings. The second-order valence-electron chi connectivity index (χ2n) is 6.42. The molecule has 3 heteroatoms. The molecule has 0 amide bonds. The Labute approximate surface area is 104 Å². The SMILES string of the molecule is CC1CC2(CCOCC2)NC2(CCOCC2)C1. The van der Waals surface area contributed by atoms with Gasteiger partial charge >= 0.3 is 0 Å². The van der Waals surface area contributed by atoms with Crippen molar-refractivity contribution in [3.8, 4) is 0 Å². The van der Waals surface area contributed by atoms with Crippen LogP contribution in [0.3, 0.4) is 0 Å². The van der Waals surface area contributed by atoms with Crippen molar-refractivity contribution >= 4 is 0 Å². The van der Waals surface area contributed by atoms with Gasteiger partial charge in [-0.25, -0.2) is 0 Å². The zero-order chi connectivity index (χ0) is 11.8. The molecule has 3 rings (SSSR count). The molecular weight excluding hydrogens is 214 g/mol. The molecule has 0 radical (unpaired) electrons. The second kappa shape index (κ2) is 4.52. The summed E-state index contributed by atoms with van der Waals surface area (Å²) in [6, 6.07) is 0. The quantitative estimate of drug-likeness (QED) is 0.702. The lowest BCUT2D eigenvalue weighted by molar-refractivity contribution is -0.0485. The molecule has 98 valence electrons. The molecular formula is C14H25NO2. The minimum Gasteiger partial charge on any atom is -0.381 e. The zero-order valence-corrected chi connectivity index (χ0v) is 11.0. The largest absolute Gasteiger partial charge is 0.381 e. The van der Waals surface area contributed by atoms with Crippen molar-refractivity contribution in [1.29, 1.82) is 0 Å². The van der Waals surface area contributed by atoms with Crippen molar-refractivity contribution in [2.45, 2.75) is 56.5 Å². The van der Waals surface area contributed by atoms with Crippen molar-refractivity contribution in [3.63, 3.8) is 0 Å². The molecule has 3 heterocycles. The Hall–Kier alpha value is -0.120. The first kappa shape index (κ1) is 11.9. The van der Waals surface area contributed by atoms with Gasteiger partial charge in [-0.1, -0.05) is 6.92 Å². The lowest BCUT2D eigenvalue weighted by Crippen LogP contribution is -2.66. The minimum atomic E-state index is 0.368. The number of nitrogens with one attached hydrogen (secondary N) is 1. The average Bonchev–Trinajstić information content (AvgIpc) is 2.29. The molecule has 3 aliphatic rings. The summed E-state index contributed by atoms with van der Waals surface area (Å²) in [5.74, 6) is 0.840. The summed E-state index contributed by atoms with van der Waals surface area (Å²) < 4.78 is 11.1. The summed E-state index contributed by atoms with van der Waals surface area (Å²) in [6.07, 6.45) is 7.44. The van der Waals surface area contributed by atoms with Crippen LogP contribution < -0.4 is 5.32 Å². The summed E-state index contributed by atoms with van der Waals surface area (Å²) in [4.78, 5) is 0. The van der Waals surface area contributed by atoms with Gasteiger partial charge in [0.2, 0.25) is 0 Å². The summed E-state index contributed by atoms with van der Waals surface area (Å²) >= 11 is 0. The van der Waals surface area contributed by atoms with E-state index in [-0.39, 0.29) is 0 Å². The molecule has 3 saturated heterocycles. The van der Waals surface area contributed by atoms with Gasteiger partial charge in [-0.2, -0.15) is 0 Å². The number of piperidine rings is 1. The highest BCUT2D eigenvalue weighted by atomic mass is 16.5. The van der Waals surface area contributed by atoms with Gasteiger partial charge in [0.25, 0.3) is 0 Å². The third-order valence-corrected chi connectivity index (χ3v) is 4.91. The fraction of sp³-hybridized carbons (Fsp3) is 1.00. The van der Waals surface area contributed by atoms with E-state index in [0.717, 1.165) is 32.3 Å². The number of hydrogen-bond acceptors (Lipinski definition) is 3. The Balaban J connectivity index is 1.77. The topological polar surface area (TPSA) is 30.5 Å². The molecule has 0 atom stereocenters. The van der Waals surface area contributed by atoms with E-state index in [2.05, 4.69) is 12.2 Å². The van der Waals surface area contributed by atoms with Crippen LogP contribution in [0.4, 0.5) is 0 Å². The van der Waals surface area contributed by atoms with E-state index in [1.165, 1.54) is 38.5 Å². The predicted octanol–water partition coefficient (Wildman–Crippen LogP) is 2.10. The normalized spacial score (nSPS) is 36.2. The van der Waals surface area contributed by atoms with E-state index in [4.69, 9.17) is 9.47 Å². The first-order chi connectivity index (χ1) is 8.22. The van der Waals surface area contributed by atoms with Crippen LogP contribution in [0.2, 0.25) is 0 Å². The second-order valence-corrected chi connectivity index (χ2v) is 6.42. The molecule has 3 aliphatic heterocycles. The Morgan fingerprint density at radius 1 is 0.824 bits per heavy atom. The average molecular weight is 239 g/mol. The van der Waals surface area contributed by atoms with Crippen LogP contribution in [0, 0.1) is 5.92 Å². The third-order valence-electron chi connectivity index (χ3n) is 4.91. The van der Waals surface area contributed by atoms with Crippen LogP contribution in [0.25, 0.3) is 0 Å². The smallest absolute Gasteiger partial charge is 0.0483 e. The fourth-order valence-electron chi connectivity index (χ4n) is 4.25. The Morgan fingerprint density at radius 3 is 1.65 bits per heavy atom. The van der Waals surface area contributed by atoms with Crippen LogP contribution in [0.5, 0.6) is 0 Å². The van der Waals surface area contributed by atoms with Crippen molar-refractivity contribution in [3.05, 3.63) is 0 Å². The third kappa shape index (κ3) is 2.38. The molecule has 17 heavy (non-hydrogen) atoms. The summed E-state index contributed by atoms with van der Waals surface area (Å²) in [7, 11) is 0. The van der Waals surface area contributed by atoms with Crippen molar-refractivity contribution in [1.82, 2.24) is 5.32 Å². The molecule has 0 saturated carbocycles. The number of hydrogen-bond donors (Lipinski definition) is 1. The van der Waals surface area contributed by atoms with Crippen molar-refractivity contribution in [2.75, 3.05) is 26.4 Å². The highest BCUT2D eigenvalue weighted by Crippen LogP contribution is 2.42. The molecule has 0 aromatic heterocycles. The lowest BCUT2D eigenvalue weighted by atomic mass is 9.68. The maximum absolute atomic E-state index is 5.54. The molecule has 0 aromatic carbocycles. The van der Waals surface area contributed by atoms with E-state index >= 15 is 0 Å². The van der Waals surface area contributed by atoms with E-state index in [1.54, 1.807) is 0 Å². The van der Waals surface area contributed by atoms with Gasteiger partial charge in [-0.05, 0) is 44.4 Å². The lowest BCUT2D eigenvalue weighted by Gasteiger charge is -2.54. The van der Waals surface area contributed by atoms with Gasteiger partial charge in [0.15, 0.2) is 0 Å². The first-order valence-corrected chi connectivity index (χ1v) is 7.17. The summed E-state index contributed by atoms with van der Waals surface area (Å²) in [6.45, 7) is 6.17. The van der Waals surface area contributed by atoms with Gasteiger partial charge < -0.3 is 14.8 Å². The van der Waals surface area contributed by atoms with E-state index in [1.807, 2.05) is 0 Å². The van der Waals surface area contributed by atoms with E-state index in [0.29, 0.717) is 11.1 Å². The molecule has 3 fully saturated rings. The van der Waals surface area contributed by atoms with Gasteiger partial charge in [0, 0.05) is 37.5 Å². The maximum Gasteiger partial charge on any atom is 0.0483 e. The predicted molar refractivity (Wildman–Crippen MR) is 67.1 cm³/mol. The van der Waals surface area contributed by atoms with Gasteiger partial charge in [0.1, 0.15) is 0 Å². The molecule has 2 spiro atoms. The van der Waals surface area contributed by atoms with Crippen LogP contribution in [0.15, 0.2) is 0 Å². The molecule has 3 nitrogen and oxygen atoms in total. The van der Waals surface area contributed by atoms with Crippen LogP contribution in [-0.2, 0) is 9.47 Å². The fourth-order valence-corrected chi connectivity index (χ4v) is 4.25. The van der Waals surface area contributed by atoms with Crippen molar-refractivity contribution < 1.29 is 9.47 Å². The van der Waals surface area contributed by atoms with Gasteiger partial charge in [0.05, 0.1) is 0 Å². The monoisotopic (exact) mass is 239 g/mol. The summed E-state index contributed by atoms with van der Waals surface area (Å²) in [5, 5.41) is 4.05. The molecule has 1 N–H and O–H groups in total. The van der Waals surface area contributed by atoms with Crippen molar-refractivity contribution in [2.24, 2.45) is 5.92 Å². The zero-order valence-electron chi connectivity index (χ0n) is 11.0. The van der Waals surface area contributed by atoms with E-state index in [9.17, 15) is 0 Å². The first-order valence-electron chi connectivity index (χ1n) is 7.17. The molecule has 0 bridgehead atoms. The number of ether oxygens (including phenoxy) is 2. The standard InChI is InChI=1S/C14H25NO2/c1-12-10-13(2-6-16-7-3-13)15-14(11-12)4-8-17-9-5-14/h12,15H,2-11H2,1H3. The maximum atomic E-state index is 5.54. The molecule has 0 aliphatic carbocycles. The van der Waals surface area contributed by atoms with Gasteiger partial charge in [-0.15, -0.1) is 0 Å². The Morgan fingerprint density at radius 2 is 1.24 bits per heavy atom. The van der Waals surface area contributed by atoms with Crippen LogP contribution in [0.1, 0.15) is 45.4 Å². The Kier molecular flexibility index (Phi) is 3.18.